The quantitative estimate of drug-likeness (QED) is 0.0501. The number of amides is 2. The Bertz CT molecular complexity index is 3240. The van der Waals surface area contributed by atoms with Crippen LogP contribution in [0, 0.1) is 11.8 Å². The lowest BCUT2D eigenvalue weighted by atomic mass is 9.96. The van der Waals surface area contributed by atoms with E-state index in [4.69, 9.17) is 13.9 Å². The van der Waals surface area contributed by atoms with Crippen molar-refractivity contribution >= 4 is 77.6 Å². The fourth-order valence-electron chi connectivity index (χ4n) is 12.2. The van der Waals surface area contributed by atoms with E-state index in [0.717, 1.165) is 18.7 Å². The monoisotopic (exact) mass is 1220 g/mol. The smallest absolute Gasteiger partial charge is 0.256 e. The summed E-state index contributed by atoms with van der Waals surface area (Å²) in [5, 5.41) is 37.1. The standard InChI is InChI=1S/C27H39N5O3SSi.C18H19N5O3S.C15H27N3O2.CH4/c1-8-20-22(33)23(35-37(16(2)3,17(4)5)18(6)7)27(36-20)32-15-30-21-24(28-14-29-25(21)32)31-26(34)19-12-10-9-11-13-19;1-2-11-13(24)14(25)18(27-11)23-9-21-12-15(19-8-20-16(12)23)22-17(26)10-6-4-3-5-7-10;1-10(2)12-9-20-15(19-6)18(12)13(11(3)4)14-16-7-8-17(14)5;/h9-18,20,22-23,27,33H,8H2,1-7H3,(H,28,29,31,34);3-9,11,13-14,18,24-25H,2H2,1H3,(H,19,20,22,26);7-8,10-13,15H,9H2,1-6H3;1H4/t20-,22-,23?,27-;11-,13-,14-,18-;12-,13-,15-;/m111./s1. The van der Waals surface area contributed by atoms with Crippen molar-refractivity contribution in [1.82, 2.24) is 53.5 Å². The third-order valence-corrected chi connectivity index (χ3v) is 26.0. The molecule has 7 aromatic rings. The van der Waals surface area contributed by atoms with Crippen molar-refractivity contribution in [2.75, 3.05) is 24.4 Å². The van der Waals surface area contributed by atoms with Crippen LogP contribution in [-0.2, 0) is 20.9 Å². The van der Waals surface area contributed by atoms with Crippen molar-refractivity contribution in [2.24, 2.45) is 18.9 Å². The van der Waals surface area contributed by atoms with E-state index in [2.05, 4.69) is 131 Å². The number of fused-ring (bicyclic) bond motifs is 2. The van der Waals surface area contributed by atoms with Gasteiger partial charge in [-0.15, -0.1) is 23.5 Å². The largest absolute Gasteiger partial charge is 0.407 e. The van der Waals surface area contributed by atoms with Gasteiger partial charge in [-0.3, -0.25) is 18.7 Å². The third-order valence-electron chi connectivity index (χ3n) is 16.4. The summed E-state index contributed by atoms with van der Waals surface area (Å²) < 4.78 is 24.3. The highest BCUT2D eigenvalue weighted by atomic mass is 32.2. The van der Waals surface area contributed by atoms with Crippen LogP contribution in [0.1, 0.15) is 147 Å². The molecule has 85 heavy (non-hydrogen) atoms. The Hall–Kier alpha value is -5.67. The summed E-state index contributed by atoms with van der Waals surface area (Å²) >= 11 is 3.21. The number of benzene rings is 2. The van der Waals surface area contributed by atoms with Crippen molar-refractivity contribution < 1.29 is 38.8 Å². The second-order valence-electron chi connectivity index (χ2n) is 23.3. The van der Waals surface area contributed by atoms with Gasteiger partial charge in [0.15, 0.2) is 34.0 Å². The van der Waals surface area contributed by atoms with Crippen LogP contribution >= 0.6 is 23.5 Å². The molecule has 3 aliphatic heterocycles. The van der Waals surface area contributed by atoms with Gasteiger partial charge in [0, 0.05) is 54.2 Å². The first-order valence-corrected chi connectivity index (χ1v) is 33.2. The fraction of sp³-hybridized carbons (Fsp3) is 0.557. The van der Waals surface area contributed by atoms with Crippen LogP contribution in [0.2, 0.25) is 16.6 Å². The van der Waals surface area contributed by atoms with E-state index >= 15 is 0 Å². The Balaban J connectivity index is 0.000000190. The molecule has 0 radical (unpaired) electrons. The van der Waals surface area contributed by atoms with Crippen LogP contribution in [0.4, 0.5) is 11.6 Å². The number of anilines is 2. The van der Waals surface area contributed by atoms with Gasteiger partial charge in [-0.05, 0) is 65.6 Å². The molecule has 3 saturated heterocycles. The van der Waals surface area contributed by atoms with E-state index < -0.39 is 32.0 Å². The lowest BCUT2D eigenvalue weighted by Crippen LogP contribution is -2.53. The van der Waals surface area contributed by atoms with E-state index in [1.165, 1.54) is 24.4 Å². The molecule has 1 unspecified atom stereocenters. The number of thioether (sulfide) groups is 2. The highest BCUT2D eigenvalue weighted by Gasteiger charge is 2.53. The van der Waals surface area contributed by atoms with Gasteiger partial charge in [0.05, 0.1) is 37.5 Å². The van der Waals surface area contributed by atoms with Crippen molar-refractivity contribution in [3.8, 4) is 0 Å². The minimum Gasteiger partial charge on any atom is -0.407 e. The number of nitrogens with one attached hydrogen (secondary N) is 2. The van der Waals surface area contributed by atoms with E-state index in [1.807, 2.05) is 55.2 Å². The number of methoxy groups -OCH3 is 1. The molecule has 5 aromatic heterocycles. The number of imidazole rings is 3. The van der Waals surface area contributed by atoms with Gasteiger partial charge < -0.3 is 44.4 Å². The predicted octanol–water partition coefficient (Wildman–Crippen LogP) is 10.9. The summed E-state index contributed by atoms with van der Waals surface area (Å²) in [5.74, 6) is 2.13. The zero-order valence-electron chi connectivity index (χ0n) is 50.7. The summed E-state index contributed by atoms with van der Waals surface area (Å²) in [6, 6.07) is 18.4. The Morgan fingerprint density at radius 3 is 1.59 bits per heavy atom. The average Bonchev–Trinajstić information content (AvgIpc) is 2.77. The molecule has 3 aliphatic rings. The van der Waals surface area contributed by atoms with Crippen LogP contribution in [0.15, 0.2) is 98.4 Å². The molecule has 10 rings (SSSR count). The number of nitrogens with zero attached hydrogens (tertiary/aromatic N) is 11. The lowest BCUT2D eigenvalue weighted by molar-refractivity contribution is -0.178. The highest BCUT2D eigenvalue weighted by Crippen LogP contribution is 2.52. The molecule has 21 nitrogen and oxygen atoms in total. The average molecular weight is 1220 g/mol. The summed E-state index contributed by atoms with van der Waals surface area (Å²) in [7, 11) is 1.48. The Morgan fingerprint density at radius 1 is 0.682 bits per heavy atom. The van der Waals surface area contributed by atoms with Crippen molar-refractivity contribution in [3.05, 3.63) is 115 Å². The Labute approximate surface area is 510 Å². The second-order valence-corrected chi connectivity index (χ2v) is 31.4. The summed E-state index contributed by atoms with van der Waals surface area (Å²) in [6.07, 6.45) is 8.53. The zero-order chi connectivity index (χ0) is 60.7. The van der Waals surface area contributed by atoms with Crippen LogP contribution in [0.25, 0.3) is 22.3 Å². The Kier molecular flexibility index (Phi) is 23.1. The molecule has 0 spiro atoms. The Morgan fingerprint density at radius 2 is 1.16 bits per heavy atom. The number of aromatic nitrogens is 10. The van der Waals surface area contributed by atoms with E-state index in [9.17, 15) is 24.9 Å². The number of hydrogen-bond acceptors (Lipinski definition) is 18. The molecular formula is C61H89N13O8S2Si. The number of aliphatic hydroxyl groups excluding tert-OH is 3. The van der Waals surface area contributed by atoms with Crippen molar-refractivity contribution in [3.63, 3.8) is 0 Å². The maximum Gasteiger partial charge on any atom is 0.256 e. The first-order valence-electron chi connectivity index (χ1n) is 29.2. The topological polar surface area (TPSA) is 255 Å². The van der Waals surface area contributed by atoms with Gasteiger partial charge in [0.25, 0.3) is 11.8 Å². The first kappa shape index (κ1) is 66.8. The molecule has 2 amide bonds. The molecule has 0 bridgehead atoms. The first-order chi connectivity index (χ1) is 40.2. The van der Waals surface area contributed by atoms with Gasteiger partial charge >= 0.3 is 0 Å². The second kappa shape index (κ2) is 29.3. The highest BCUT2D eigenvalue weighted by molar-refractivity contribution is 8.00. The molecule has 11 atom stereocenters. The van der Waals surface area contributed by atoms with Crippen LogP contribution < -0.4 is 10.6 Å². The number of aliphatic hydroxyl groups is 3. The molecular weight excluding hydrogens is 1130 g/mol. The summed E-state index contributed by atoms with van der Waals surface area (Å²) in [4.78, 5) is 58.3. The van der Waals surface area contributed by atoms with Crippen LogP contribution in [0.3, 0.4) is 0 Å². The minimum absolute atomic E-state index is 0. The van der Waals surface area contributed by atoms with Gasteiger partial charge in [-0.1, -0.05) is 127 Å². The van der Waals surface area contributed by atoms with Crippen molar-refractivity contribution in [2.45, 2.75) is 184 Å². The minimum atomic E-state index is -2.27. The molecule has 462 valence electrons. The maximum atomic E-state index is 12.8. The maximum absolute atomic E-state index is 12.8. The fourth-order valence-corrected chi connectivity index (χ4v) is 20.8. The molecule has 24 heteroatoms. The van der Waals surface area contributed by atoms with E-state index in [1.54, 1.807) is 72.5 Å². The normalized spacial score (nSPS) is 23.8. The molecule has 8 heterocycles. The van der Waals surface area contributed by atoms with E-state index in [-0.39, 0.29) is 53.7 Å². The predicted molar refractivity (Wildman–Crippen MR) is 340 cm³/mol. The molecule has 0 aliphatic carbocycles. The molecule has 0 saturated carbocycles. The SMILES string of the molecule is C.CC[C@H]1S[C@@H](n2cnc3c(NC(=O)c4ccccc4)ncnc32)C(O[Si](C(C)C)(C(C)C)C(C)C)[C@@H]1O.CC[C@H]1S[C@@H](n2cnc3c(NC(=O)c4ccccc4)ncnc32)[C@H](O)[C@@H]1O.CO[C@@H]1OC[C@H](C(C)C)N1[C@@H](c1nccn1C)C(C)C. The molecule has 5 N–H and O–H groups in total. The number of rotatable bonds is 18. The van der Waals surface area contributed by atoms with Gasteiger partial charge in [-0.25, -0.2) is 39.8 Å². The molecule has 3 fully saturated rings. The summed E-state index contributed by atoms with van der Waals surface area (Å²) in [6.45, 7) is 27.2. The lowest BCUT2D eigenvalue weighted by Gasteiger charge is -2.45. The number of carbonyl (C=O) groups is 2. The van der Waals surface area contributed by atoms with Crippen LogP contribution in [-0.4, -0.2) is 150 Å². The van der Waals surface area contributed by atoms with Gasteiger partial charge in [-0.2, -0.15) is 0 Å². The number of carbonyl (C=O) groups excluding carboxylic acids is 2. The third kappa shape index (κ3) is 14.0. The summed E-state index contributed by atoms with van der Waals surface area (Å²) in [5.41, 5.74) is 4.30. The number of hydrogen-bond donors (Lipinski definition) is 5. The van der Waals surface area contributed by atoms with Gasteiger partial charge in [0.2, 0.25) is 14.7 Å². The molecule has 2 aromatic carbocycles. The van der Waals surface area contributed by atoms with Crippen molar-refractivity contribution in [1.29, 1.82) is 0 Å². The number of ether oxygens (including phenoxy) is 2. The number of aryl methyl sites for hydroxylation is 1. The van der Waals surface area contributed by atoms with Crippen LogP contribution in [0.5, 0.6) is 0 Å². The van der Waals surface area contributed by atoms with E-state index in [0.29, 0.717) is 86.2 Å². The zero-order valence-corrected chi connectivity index (χ0v) is 53.3. The van der Waals surface area contributed by atoms with Gasteiger partial charge in [0.1, 0.15) is 41.4 Å².